The van der Waals surface area contributed by atoms with E-state index in [1.807, 2.05) is 11.8 Å². The van der Waals surface area contributed by atoms with E-state index in [1.165, 1.54) is 18.2 Å². The van der Waals surface area contributed by atoms with Gasteiger partial charge in [0, 0.05) is 30.1 Å². The Labute approximate surface area is 175 Å². The monoisotopic (exact) mass is 411 g/mol. The molecule has 1 aromatic heterocycles. The minimum absolute atomic E-state index is 0.0586. The van der Waals surface area contributed by atoms with E-state index < -0.39 is 11.7 Å². The quantitative estimate of drug-likeness (QED) is 0.769. The molecule has 7 heteroatoms. The number of halogens is 1. The van der Waals surface area contributed by atoms with Crippen molar-refractivity contribution in [2.24, 2.45) is 5.10 Å². The Hall–Kier alpha value is -2.96. The van der Waals surface area contributed by atoms with Crippen molar-refractivity contribution >= 4 is 17.5 Å². The van der Waals surface area contributed by atoms with Gasteiger partial charge in [0.15, 0.2) is 5.76 Å². The van der Waals surface area contributed by atoms with Crippen LogP contribution in [-0.4, -0.2) is 35.0 Å². The van der Waals surface area contributed by atoms with Crippen LogP contribution in [0.1, 0.15) is 76.8 Å². The maximum Gasteiger partial charge on any atom is 0.290 e. The van der Waals surface area contributed by atoms with E-state index in [4.69, 9.17) is 4.42 Å². The van der Waals surface area contributed by atoms with E-state index in [9.17, 15) is 14.0 Å². The van der Waals surface area contributed by atoms with Crippen LogP contribution in [0, 0.1) is 12.7 Å². The minimum atomic E-state index is -0.604. The third-order valence-corrected chi connectivity index (χ3v) is 5.99. The molecule has 6 nitrogen and oxygen atoms in total. The summed E-state index contributed by atoms with van der Waals surface area (Å²) in [4.78, 5) is 27.3. The van der Waals surface area contributed by atoms with Crippen LogP contribution in [0.15, 0.2) is 33.8 Å². The van der Waals surface area contributed by atoms with Crippen molar-refractivity contribution in [2.75, 3.05) is 6.54 Å². The molecule has 2 heterocycles. The van der Waals surface area contributed by atoms with Gasteiger partial charge in [0.2, 0.25) is 0 Å². The zero-order valence-corrected chi connectivity index (χ0v) is 17.3. The molecule has 2 amide bonds. The largest absolute Gasteiger partial charge is 0.455 e. The molecule has 2 aliphatic rings. The van der Waals surface area contributed by atoms with Crippen molar-refractivity contribution < 1.29 is 18.4 Å². The molecule has 1 aliphatic heterocycles. The lowest BCUT2D eigenvalue weighted by atomic mass is 9.93. The molecule has 0 bridgehead atoms. The van der Waals surface area contributed by atoms with E-state index >= 15 is 0 Å². The molecule has 2 aromatic rings. The summed E-state index contributed by atoms with van der Waals surface area (Å²) in [5, 5.41) is 4.27. The molecular formula is C23H26FN3O3. The highest BCUT2D eigenvalue weighted by atomic mass is 19.1. The number of nitrogens with one attached hydrogen (secondary N) is 1. The summed E-state index contributed by atoms with van der Waals surface area (Å²) in [6.07, 6.45) is 5.32. The lowest BCUT2D eigenvalue weighted by molar-refractivity contribution is 0.0600. The maximum absolute atomic E-state index is 13.8. The Morgan fingerprint density at radius 3 is 2.77 bits per heavy atom. The van der Waals surface area contributed by atoms with Gasteiger partial charge in [-0.3, -0.25) is 9.59 Å². The Kier molecular flexibility index (Phi) is 5.70. The van der Waals surface area contributed by atoms with Crippen LogP contribution in [0.4, 0.5) is 4.39 Å². The molecular weight excluding hydrogens is 385 g/mol. The Morgan fingerprint density at radius 2 is 2.00 bits per heavy atom. The molecule has 1 unspecified atom stereocenters. The van der Waals surface area contributed by atoms with Gasteiger partial charge in [0.05, 0.1) is 11.3 Å². The highest BCUT2D eigenvalue weighted by molar-refractivity contribution is 6.07. The predicted molar refractivity (Wildman–Crippen MR) is 111 cm³/mol. The SMILES string of the molecule is Cc1c(C(=O)N2CCCCC2C)oc2c1/C(=N/NC(=O)c1ccccc1F)CCC2. The van der Waals surface area contributed by atoms with Crippen LogP contribution in [0.2, 0.25) is 0 Å². The average molecular weight is 411 g/mol. The Bertz CT molecular complexity index is 1010. The molecule has 158 valence electrons. The van der Waals surface area contributed by atoms with Gasteiger partial charge in [-0.25, -0.2) is 9.82 Å². The van der Waals surface area contributed by atoms with Gasteiger partial charge in [0.1, 0.15) is 11.6 Å². The highest BCUT2D eigenvalue weighted by Gasteiger charge is 2.32. The molecule has 1 atom stereocenters. The molecule has 1 aromatic carbocycles. The Morgan fingerprint density at radius 1 is 1.20 bits per heavy atom. The van der Waals surface area contributed by atoms with Gasteiger partial charge < -0.3 is 9.32 Å². The molecule has 0 spiro atoms. The number of hydrogen-bond donors (Lipinski definition) is 1. The molecule has 1 saturated heterocycles. The summed E-state index contributed by atoms with van der Waals surface area (Å²) < 4.78 is 19.8. The number of carbonyl (C=O) groups excluding carboxylic acids is 2. The van der Waals surface area contributed by atoms with Crippen molar-refractivity contribution in [3.8, 4) is 0 Å². The van der Waals surface area contributed by atoms with Crippen molar-refractivity contribution in [3.05, 3.63) is 58.3 Å². The Balaban J connectivity index is 1.60. The zero-order valence-electron chi connectivity index (χ0n) is 17.3. The third-order valence-electron chi connectivity index (χ3n) is 5.99. The second kappa shape index (κ2) is 8.42. The maximum atomic E-state index is 13.8. The number of furan rings is 1. The first-order chi connectivity index (χ1) is 14.5. The van der Waals surface area contributed by atoms with E-state index in [0.29, 0.717) is 17.9 Å². The van der Waals surface area contributed by atoms with E-state index in [1.54, 1.807) is 6.07 Å². The molecule has 0 saturated carbocycles. The van der Waals surface area contributed by atoms with Gasteiger partial charge >= 0.3 is 0 Å². The number of likely N-dealkylation sites (tertiary alicyclic amines) is 1. The van der Waals surface area contributed by atoms with Crippen molar-refractivity contribution in [3.63, 3.8) is 0 Å². The first-order valence-corrected chi connectivity index (χ1v) is 10.5. The number of fused-ring (bicyclic) bond motifs is 1. The van der Waals surface area contributed by atoms with Gasteiger partial charge in [-0.05, 0) is 58.1 Å². The summed E-state index contributed by atoms with van der Waals surface area (Å²) in [6.45, 7) is 4.68. The van der Waals surface area contributed by atoms with Crippen LogP contribution < -0.4 is 5.43 Å². The van der Waals surface area contributed by atoms with Gasteiger partial charge in [-0.1, -0.05) is 12.1 Å². The number of piperidine rings is 1. The molecule has 1 fully saturated rings. The minimum Gasteiger partial charge on any atom is -0.455 e. The molecule has 0 radical (unpaired) electrons. The first-order valence-electron chi connectivity index (χ1n) is 10.5. The zero-order chi connectivity index (χ0) is 21.3. The van der Waals surface area contributed by atoms with E-state index in [-0.39, 0.29) is 17.5 Å². The summed E-state index contributed by atoms with van der Waals surface area (Å²) in [5.74, 6) is -0.187. The topological polar surface area (TPSA) is 74.9 Å². The van der Waals surface area contributed by atoms with Gasteiger partial charge in [-0.15, -0.1) is 0 Å². The molecule has 30 heavy (non-hydrogen) atoms. The van der Waals surface area contributed by atoms with E-state index in [2.05, 4.69) is 17.5 Å². The van der Waals surface area contributed by atoms with Crippen molar-refractivity contribution in [2.45, 2.75) is 58.4 Å². The fraction of sp³-hybridized carbons (Fsp3) is 0.435. The van der Waals surface area contributed by atoms with Crippen LogP contribution in [0.3, 0.4) is 0 Å². The number of aryl methyl sites for hydroxylation is 1. The fourth-order valence-electron chi connectivity index (χ4n) is 4.34. The number of benzene rings is 1. The second-order valence-corrected chi connectivity index (χ2v) is 8.03. The van der Waals surface area contributed by atoms with Crippen molar-refractivity contribution in [1.29, 1.82) is 0 Å². The van der Waals surface area contributed by atoms with Crippen molar-refractivity contribution in [1.82, 2.24) is 10.3 Å². The third kappa shape index (κ3) is 3.76. The van der Waals surface area contributed by atoms with Crippen LogP contribution in [-0.2, 0) is 6.42 Å². The number of nitrogens with zero attached hydrogens (tertiary/aromatic N) is 2. The predicted octanol–water partition coefficient (Wildman–Crippen LogP) is 4.21. The van der Waals surface area contributed by atoms with Gasteiger partial charge in [0.25, 0.3) is 11.8 Å². The standard InChI is InChI=1S/C23H26FN3O3/c1-14-8-5-6-13-27(14)23(29)21-15(2)20-18(11-7-12-19(20)30-21)25-26-22(28)16-9-3-4-10-17(16)24/h3-4,9-10,14H,5-8,11-13H2,1-2H3,(H,26,28)/b25-18+. The summed E-state index contributed by atoms with van der Waals surface area (Å²) >= 11 is 0. The second-order valence-electron chi connectivity index (χ2n) is 8.03. The van der Waals surface area contributed by atoms with E-state index in [0.717, 1.165) is 55.5 Å². The molecule has 1 N–H and O–H groups in total. The van der Waals surface area contributed by atoms with Crippen LogP contribution in [0.5, 0.6) is 0 Å². The van der Waals surface area contributed by atoms with Crippen LogP contribution in [0.25, 0.3) is 0 Å². The number of rotatable bonds is 3. The average Bonchev–Trinajstić information content (AvgIpc) is 3.09. The lowest BCUT2D eigenvalue weighted by Crippen LogP contribution is -2.42. The molecule has 4 rings (SSSR count). The number of amides is 2. The summed E-state index contributed by atoms with van der Waals surface area (Å²) in [7, 11) is 0. The number of carbonyl (C=O) groups is 2. The molecule has 1 aliphatic carbocycles. The summed E-state index contributed by atoms with van der Waals surface area (Å²) in [5.41, 5.74) is 4.61. The number of hydrazone groups is 1. The summed E-state index contributed by atoms with van der Waals surface area (Å²) in [6, 6.07) is 5.98. The lowest BCUT2D eigenvalue weighted by Gasteiger charge is -2.32. The normalized spacial score (nSPS) is 20.2. The highest BCUT2D eigenvalue weighted by Crippen LogP contribution is 2.31. The fourth-order valence-corrected chi connectivity index (χ4v) is 4.34. The first kappa shape index (κ1) is 20.3. The van der Waals surface area contributed by atoms with Gasteiger partial charge in [-0.2, -0.15) is 5.10 Å². The smallest absolute Gasteiger partial charge is 0.290 e. The van der Waals surface area contributed by atoms with Crippen LogP contribution >= 0.6 is 0 Å². The number of hydrogen-bond acceptors (Lipinski definition) is 4.